The molecule has 1 aliphatic rings. The van der Waals surface area contributed by atoms with Crippen LogP contribution in [0.1, 0.15) is 24.2 Å². The molecule has 0 spiro atoms. The number of quaternary nitrogens is 1. The van der Waals surface area contributed by atoms with Gasteiger partial charge in [0, 0.05) is 5.56 Å². The minimum absolute atomic E-state index is 0.0149. The number of benzene rings is 1. The number of nitrogens with zero attached hydrogens (tertiary/aromatic N) is 1. The number of amides is 2. The van der Waals surface area contributed by atoms with Crippen LogP contribution in [0.25, 0.3) is 0 Å². The molecule has 0 radical (unpaired) electrons. The van der Waals surface area contributed by atoms with Crippen molar-refractivity contribution in [3.63, 3.8) is 0 Å². The second-order valence-corrected chi connectivity index (χ2v) is 6.48. The van der Waals surface area contributed by atoms with Gasteiger partial charge in [-0.05, 0) is 30.2 Å². The summed E-state index contributed by atoms with van der Waals surface area (Å²) in [7, 11) is 2.11. The normalized spacial score (nSPS) is 17.2. The molecule has 1 saturated heterocycles. The van der Waals surface area contributed by atoms with Crippen LogP contribution in [0.5, 0.6) is 0 Å². The highest BCUT2D eigenvalue weighted by atomic mass is 19.1. The standard InChI is InChI=1S/C17H24FN3O2/c1-12(2)15(17(23)21-10-8-20(3)9-11-21)19-16(22)13-4-6-14(18)7-5-13/h4-7,12,15H,8-11H2,1-3H3,(H,19,22)/p+1/t15-/m0/s1. The molecule has 1 aromatic carbocycles. The predicted molar refractivity (Wildman–Crippen MR) is 85.7 cm³/mol. The van der Waals surface area contributed by atoms with Crippen molar-refractivity contribution in [2.24, 2.45) is 5.92 Å². The van der Waals surface area contributed by atoms with Gasteiger partial charge in [0.25, 0.3) is 5.91 Å². The van der Waals surface area contributed by atoms with Crippen LogP contribution in [-0.4, -0.2) is 56.0 Å². The Bertz CT molecular complexity index is 551. The average molecular weight is 322 g/mol. The predicted octanol–water partition coefficient (Wildman–Crippen LogP) is -0.0630. The SMILES string of the molecule is CC(C)[C@H](NC(=O)c1ccc(F)cc1)C(=O)N1CC[NH+](C)CC1. The van der Waals surface area contributed by atoms with Crippen molar-refractivity contribution >= 4 is 11.8 Å². The second-order valence-electron chi connectivity index (χ2n) is 6.48. The third-order valence-corrected chi connectivity index (χ3v) is 4.25. The number of piperazine rings is 1. The highest BCUT2D eigenvalue weighted by Gasteiger charge is 2.31. The van der Waals surface area contributed by atoms with Gasteiger partial charge < -0.3 is 15.1 Å². The molecule has 1 aromatic rings. The van der Waals surface area contributed by atoms with E-state index in [0.717, 1.165) is 13.1 Å². The van der Waals surface area contributed by atoms with Gasteiger partial charge >= 0.3 is 0 Å². The molecule has 5 nitrogen and oxygen atoms in total. The zero-order chi connectivity index (χ0) is 17.0. The summed E-state index contributed by atoms with van der Waals surface area (Å²) in [5.41, 5.74) is 0.354. The van der Waals surface area contributed by atoms with E-state index in [1.165, 1.54) is 29.2 Å². The van der Waals surface area contributed by atoms with Crippen LogP contribution in [-0.2, 0) is 4.79 Å². The van der Waals surface area contributed by atoms with E-state index < -0.39 is 11.9 Å². The molecule has 1 heterocycles. The molecule has 0 saturated carbocycles. The summed E-state index contributed by atoms with van der Waals surface area (Å²) >= 11 is 0. The Hall–Kier alpha value is -1.95. The number of hydrogen-bond acceptors (Lipinski definition) is 2. The maximum absolute atomic E-state index is 12.9. The Morgan fingerprint density at radius 2 is 1.74 bits per heavy atom. The van der Waals surface area contributed by atoms with Crippen molar-refractivity contribution < 1.29 is 18.9 Å². The Labute approximate surface area is 136 Å². The number of nitrogens with one attached hydrogen (secondary N) is 2. The van der Waals surface area contributed by atoms with Gasteiger partial charge in [-0.25, -0.2) is 4.39 Å². The van der Waals surface area contributed by atoms with Crippen LogP contribution in [0.15, 0.2) is 24.3 Å². The fraction of sp³-hybridized carbons (Fsp3) is 0.529. The van der Waals surface area contributed by atoms with E-state index in [4.69, 9.17) is 0 Å². The van der Waals surface area contributed by atoms with E-state index in [1.807, 2.05) is 18.7 Å². The van der Waals surface area contributed by atoms with Crippen LogP contribution in [0.3, 0.4) is 0 Å². The largest absolute Gasteiger partial charge is 0.340 e. The van der Waals surface area contributed by atoms with Crippen molar-refractivity contribution in [2.75, 3.05) is 33.2 Å². The van der Waals surface area contributed by atoms with Gasteiger partial charge in [-0.15, -0.1) is 0 Å². The Balaban J connectivity index is 2.04. The molecule has 1 aliphatic heterocycles. The number of carbonyl (C=O) groups excluding carboxylic acids is 2. The quantitative estimate of drug-likeness (QED) is 0.816. The summed E-state index contributed by atoms with van der Waals surface area (Å²) in [5, 5.41) is 2.80. The maximum Gasteiger partial charge on any atom is 0.251 e. The molecule has 0 aliphatic carbocycles. The zero-order valence-corrected chi connectivity index (χ0v) is 13.9. The fourth-order valence-corrected chi connectivity index (χ4v) is 2.64. The van der Waals surface area contributed by atoms with Gasteiger partial charge in [-0.3, -0.25) is 9.59 Å². The lowest BCUT2D eigenvalue weighted by Gasteiger charge is -2.34. The van der Waals surface area contributed by atoms with Crippen molar-refractivity contribution in [1.82, 2.24) is 10.2 Å². The molecule has 2 rings (SSSR count). The molecule has 0 bridgehead atoms. The van der Waals surface area contributed by atoms with E-state index in [0.29, 0.717) is 18.7 Å². The first-order valence-corrected chi connectivity index (χ1v) is 8.05. The summed E-state index contributed by atoms with van der Waals surface area (Å²) in [6, 6.07) is 4.76. The van der Waals surface area contributed by atoms with Crippen molar-refractivity contribution in [1.29, 1.82) is 0 Å². The van der Waals surface area contributed by atoms with Crippen molar-refractivity contribution in [3.05, 3.63) is 35.6 Å². The lowest BCUT2D eigenvalue weighted by molar-refractivity contribution is -0.883. The molecule has 23 heavy (non-hydrogen) atoms. The lowest BCUT2D eigenvalue weighted by atomic mass is 10.0. The van der Waals surface area contributed by atoms with Gasteiger partial charge in [-0.2, -0.15) is 0 Å². The summed E-state index contributed by atoms with van der Waals surface area (Å²) in [5.74, 6) is -0.795. The third-order valence-electron chi connectivity index (χ3n) is 4.25. The van der Waals surface area contributed by atoms with Gasteiger partial charge in [0.1, 0.15) is 11.9 Å². The first-order chi connectivity index (χ1) is 10.9. The van der Waals surface area contributed by atoms with Gasteiger partial charge in [-0.1, -0.05) is 13.8 Å². The molecular weight excluding hydrogens is 297 g/mol. The summed E-state index contributed by atoms with van der Waals surface area (Å²) < 4.78 is 12.9. The smallest absolute Gasteiger partial charge is 0.251 e. The summed E-state index contributed by atoms with van der Waals surface area (Å²) in [6.45, 7) is 7.08. The first-order valence-electron chi connectivity index (χ1n) is 8.05. The molecular formula is C17H25FN3O2+. The first kappa shape index (κ1) is 17.4. The van der Waals surface area contributed by atoms with E-state index in [2.05, 4.69) is 12.4 Å². The molecule has 1 fully saturated rings. The van der Waals surface area contributed by atoms with Crippen molar-refractivity contribution in [3.8, 4) is 0 Å². The van der Waals surface area contributed by atoms with E-state index in [1.54, 1.807) is 0 Å². The molecule has 2 N–H and O–H groups in total. The number of hydrogen-bond donors (Lipinski definition) is 2. The van der Waals surface area contributed by atoms with Crippen molar-refractivity contribution in [2.45, 2.75) is 19.9 Å². The minimum Gasteiger partial charge on any atom is -0.340 e. The van der Waals surface area contributed by atoms with Gasteiger partial charge in [0.2, 0.25) is 5.91 Å². The summed E-state index contributed by atoms with van der Waals surface area (Å²) in [4.78, 5) is 28.2. The average Bonchev–Trinajstić information content (AvgIpc) is 2.53. The van der Waals surface area contributed by atoms with Crippen LogP contribution < -0.4 is 10.2 Å². The monoisotopic (exact) mass is 322 g/mol. The summed E-state index contributed by atoms with van der Waals surface area (Å²) in [6.07, 6.45) is 0. The molecule has 2 amide bonds. The number of likely N-dealkylation sites (N-methyl/N-ethyl adjacent to an activating group) is 1. The Morgan fingerprint density at radius 1 is 1.17 bits per heavy atom. The van der Waals surface area contributed by atoms with Crippen LogP contribution in [0, 0.1) is 11.7 Å². The van der Waals surface area contributed by atoms with E-state index in [-0.39, 0.29) is 17.7 Å². The number of carbonyl (C=O) groups is 2. The third kappa shape index (κ3) is 4.51. The highest BCUT2D eigenvalue weighted by Crippen LogP contribution is 2.09. The van der Waals surface area contributed by atoms with Crippen LogP contribution in [0.4, 0.5) is 4.39 Å². The van der Waals surface area contributed by atoms with Gasteiger partial charge in [0.05, 0.1) is 33.2 Å². The van der Waals surface area contributed by atoms with Gasteiger partial charge in [0.15, 0.2) is 0 Å². The Kier molecular flexibility index (Phi) is 5.71. The minimum atomic E-state index is -0.564. The van der Waals surface area contributed by atoms with E-state index >= 15 is 0 Å². The Morgan fingerprint density at radius 3 is 2.26 bits per heavy atom. The molecule has 6 heteroatoms. The highest BCUT2D eigenvalue weighted by molar-refractivity contribution is 5.97. The molecule has 0 aromatic heterocycles. The van der Waals surface area contributed by atoms with Crippen LogP contribution in [0.2, 0.25) is 0 Å². The zero-order valence-electron chi connectivity index (χ0n) is 13.9. The second kappa shape index (κ2) is 7.55. The topological polar surface area (TPSA) is 53.9 Å². The number of halogens is 1. The van der Waals surface area contributed by atoms with E-state index in [9.17, 15) is 14.0 Å². The fourth-order valence-electron chi connectivity index (χ4n) is 2.64. The number of rotatable bonds is 4. The lowest BCUT2D eigenvalue weighted by Crippen LogP contribution is -3.12. The van der Waals surface area contributed by atoms with Crippen LogP contribution >= 0.6 is 0 Å². The maximum atomic E-state index is 12.9. The molecule has 0 unspecified atom stereocenters. The molecule has 1 atom stereocenters. The molecule has 126 valence electrons.